The van der Waals surface area contributed by atoms with Gasteiger partial charge in [0.05, 0.1) is 11.6 Å². The summed E-state index contributed by atoms with van der Waals surface area (Å²) in [6, 6.07) is 10.7. The van der Waals surface area contributed by atoms with Crippen LogP contribution in [-0.4, -0.2) is 23.7 Å². The van der Waals surface area contributed by atoms with Crippen LogP contribution in [0.1, 0.15) is 52.4 Å². The second-order valence-electron chi connectivity index (χ2n) is 8.37. The molecule has 2 aliphatic carbocycles. The quantitative estimate of drug-likeness (QED) is 0.813. The average Bonchev–Trinajstić information content (AvgIpc) is 2.70. The maximum Gasteiger partial charge on any atom is 0.168 e. The van der Waals surface area contributed by atoms with E-state index >= 15 is 0 Å². The van der Waals surface area contributed by atoms with Gasteiger partial charge in [0.1, 0.15) is 5.84 Å². The molecule has 1 aromatic carbocycles. The van der Waals surface area contributed by atoms with Crippen molar-refractivity contribution in [2.45, 2.75) is 64.5 Å². The normalized spacial score (nSPS) is 28.2. The zero-order chi connectivity index (χ0) is 17.4. The van der Waals surface area contributed by atoms with Crippen LogP contribution in [0.2, 0.25) is 0 Å². The van der Waals surface area contributed by atoms with Crippen LogP contribution in [-0.2, 0) is 4.79 Å². The number of carbonyl (C=O) groups is 1. The molecule has 1 heterocycles. The molecular formula is C21H27N3O. The molecule has 2 atom stereocenters. The summed E-state index contributed by atoms with van der Waals surface area (Å²) in [6.07, 6.45) is 6.18. The molecule has 1 fully saturated rings. The topological polar surface area (TPSA) is 53.5 Å². The minimum Gasteiger partial charge on any atom is -0.383 e. The molecule has 0 unspecified atom stereocenters. The molecule has 4 nitrogen and oxygen atoms in total. The first-order valence-corrected chi connectivity index (χ1v) is 9.45. The third kappa shape index (κ3) is 3.35. The van der Waals surface area contributed by atoms with Gasteiger partial charge in [-0.2, -0.15) is 0 Å². The van der Waals surface area contributed by atoms with Crippen LogP contribution in [0.3, 0.4) is 0 Å². The highest BCUT2D eigenvalue weighted by atomic mass is 16.1. The summed E-state index contributed by atoms with van der Waals surface area (Å²) in [5, 5.41) is 7.17. The molecular weight excluding hydrogens is 310 g/mol. The van der Waals surface area contributed by atoms with E-state index in [-0.39, 0.29) is 17.2 Å². The lowest BCUT2D eigenvalue weighted by molar-refractivity contribution is -0.117. The second-order valence-corrected chi connectivity index (χ2v) is 8.37. The van der Waals surface area contributed by atoms with Gasteiger partial charge in [0, 0.05) is 23.8 Å². The van der Waals surface area contributed by atoms with E-state index in [0.29, 0.717) is 12.5 Å². The first-order valence-electron chi connectivity index (χ1n) is 9.45. The molecule has 0 bridgehead atoms. The fourth-order valence-electron chi connectivity index (χ4n) is 4.36. The molecule has 3 aliphatic rings. The predicted molar refractivity (Wildman–Crippen MR) is 102 cm³/mol. The van der Waals surface area contributed by atoms with Crippen molar-refractivity contribution in [1.82, 2.24) is 5.32 Å². The number of ketones is 1. The highest BCUT2D eigenvalue weighted by Gasteiger charge is 2.39. The van der Waals surface area contributed by atoms with E-state index in [2.05, 4.69) is 24.5 Å². The van der Waals surface area contributed by atoms with Crippen molar-refractivity contribution in [1.29, 1.82) is 0 Å². The molecule has 1 aromatic rings. The lowest BCUT2D eigenvalue weighted by atomic mass is 9.75. The Balaban J connectivity index is 1.76. The Hall–Kier alpha value is -2.10. The van der Waals surface area contributed by atoms with Crippen LogP contribution < -0.4 is 10.6 Å². The van der Waals surface area contributed by atoms with Crippen LogP contribution in [0.15, 0.2) is 46.6 Å². The van der Waals surface area contributed by atoms with E-state index in [4.69, 9.17) is 4.99 Å². The summed E-state index contributed by atoms with van der Waals surface area (Å²) in [5.74, 6) is 0.975. The lowest BCUT2D eigenvalue weighted by Gasteiger charge is -2.35. The van der Waals surface area contributed by atoms with Gasteiger partial charge < -0.3 is 10.6 Å². The number of nitrogens with zero attached hydrogens (tertiary/aromatic N) is 1. The summed E-state index contributed by atoms with van der Waals surface area (Å²) < 4.78 is 0. The van der Waals surface area contributed by atoms with Gasteiger partial charge >= 0.3 is 0 Å². The first kappa shape index (κ1) is 16.4. The van der Waals surface area contributed by atoms with Crippen molar-refractivity contribution in [3.8, 4) is 0 Å². The lowest BCUT2D eigenvalue weighted by Crippen LogP contribution is -2.42. The summed E-state index contributed by atoms with van der Waals surface area (Å²) >= 11 is 0. The predicted octanol–water partition coefficient (Wildman–Crippen LogP) is 4.05. The van der Waals surface area contributed by atoms with Crippen molar-refractivity contribution in [2.24, 2.45) is 10.4 Å². The third-order valence-electron chi connectivity index (χ3n) is 5.53. The van der Waals surface area contributed by atoms with Crippen molar-refractivity contribution in [3.05, 3.63) is 41.6 Å². The molecule has 1 aliphatic heterocycles. The number of para-hydroxylation sites is 1. The van der Waals surface area contributed by atoms with E-state index in [0.717, 1.165) is 42.1 Å². The number of allylic oxidation sites excluding steroid dienone is 1. The van der Waals surface area contributed by atoms with Gasteiger partial charge in [0.25, 0.3) is 0 Å². The van der Waals surface area contributed by atoms with Gasteiger partial charge in [-0.25, -0.2) is 0 Å². The molecule has 0 amide bonds. The summed E-state index contributed by atoms with van der Waals surface area (Å²) in [7, 11) is 0. The molecule has 132 valence electrons. The van der Waals surface area contributed by atoms with E-state index in [1.165, 1.54) is 12.8 Å². The van der Waals surface area contributed by atoms with Crippen LogP contribution in [0.25, 0.3) is 0 Å². The maximum absolute atomic E-state index is 13.0. The molecule has 0 radical (unpaired) electrons. The zero-order valence-corrected chi connectivity index (χ0v) is 15.1. The van der Waals surface area contributed by atoms with E-state index in [1.807, 2.05) is 30.3 Å². The fraction of sp³-hybridized carbons (Fsp3) is 0.524. The number of nitrogens with one attached hydrogen (secondary N) is 2. The Labute approximate surface area is 149 Å². The minimum atomic E-state index is 0.00920. The molecule has 1 saturated carbocycles. The Bertz CT molecular complexity index is 733. The first-order chi connectivity index (χ1) is 12.0. The van der Waals surface area contributed by atoms with E-state index in [1.54, 1.807) is 0 Å². The van der Waals surface area contributed by atoms with Crippen LogP contribution >= 0.6 is 0 Å². The Morgan fingerprint density at radius 2 is 1.88 bits per heavy atom. The van der Waals surface area contributed by atoms with Gasteiger partial charge in [0.2, 0.25) is 0 Å². The van der Waals surface area contributed by atoms with Crippen molar-refractivity contribution in [3.63, 3.8) is 0 Å². The van der Waals surface area contributed by atoms with Crippen molar-refractivity contribution >= 4 is 17.3 Å². The van der Waals surface area contributed by atoms with E-state index < -0.39 is 0 Å². The summed E-state index contributed by atoms with van der Waals surface area (Å²) in [6.45, 7) is 4.36. The number of anilines is 1. The highest BCUT2D eigenvalue weighted by Crippen LogP contribution is 2.39. The summed E-state index contributed by atoms with van der Waals surface area (Å²) in [5.41, 5.74) is 2.88. The fourth-order valence-corrected chi connectivity index (χ4v) is 4.36. The van der Waals surface area contributed by atoms with Gasteiger partial charge in [-0.3, -0.25) is 9.79 Å². The summed E-state index contributed by atoms with van der Waals surface area (Å²) in [4.78, 5) is 18.0. The minimum absolute atomic E-state index is 0.00920. The zero-order valence-electron chi connectivity index (χ0n) is 15.1. The monoisotopic (exact) mass is 337 g/mol. The van der Waals surface area contributed by atoms with E-state index in [9.17, 15) is 4.79 Å². The standard InChI is InChI=1S/C21H27N3O/c1-21(2)12-17-19(18(25)13-21)20(22-14-8-4-3-5-9-14)24-16-11-7-6-10-15(16)23-17/h3-5,8-9,15-16,23H,6-7,10-13H2,1-2H3,(H,22,24)/t15-,16+/m1/s1. The number of benzene rings is 1. The highest BCUT2D eigenvalue weighted by molar-refractivity contribution is 6.27. The number of hydrogen-bond donors (Lipinski definition) is 2. The number of hydrogen-bond acceptors (Lipinski definition) is 4. The van der Waals surface area contributed by atoms with Gasteiger partial charge in [-0.05, 0) is 36.8 Å². The Morgan fingerprint density at radius 3 is 2.68 bits per heavy atom. The molecule has 0 aromatic heterocycles. The molecule has 2 N–H and O–H groups in total. The number of carbonyl (C=O) groups excluding carboxylic acids is 1. The molecule has 25 heavy (non-hydrogen) atoms. The van der Waals surface area contributed by atoms with Crippen molar-refractivity contribution in [2.75, 3.05) is 5.32 Å². The van der Waals surface area contributed by atoms with Crippen LogP contribution in [0.4, 0.5) is 5.69 Å². The van der Waals surface area contributed by atoms with Gasteiger partial charge in [-0.1, -0.05) is 44.9 Å². The van der Waals surface area contributed by atoms with Crippen LogP contribution in [0.5, 0.6) is 0 Å². The Kier molecular flexibility index (Phi) is 4.14. The number of fused-ring (bicyclic) bond motifs is 1. The molecule has 4 rings (SSSR count). The Morgan fingerprint density at radius 1 is 1.12 bits per heavy atom. The molecule has 0 spiro atoms. The van der Waals surface area contributed by atoms with Crippen LogP contribution in [0, 0.1) is 5.41 Å². The molecule has 0 saturated heterocycles. The number of aliphatic imine (C=N–C) groups is 1. The number of Topliss-reactive ketones (excluding diaryl/α,β-unsaturated/α-hetero) is 1. The average molecular weight is 337 g/mol. The third-order valence-corrected chi connectivity index (χ3v) is 5.53. The maximum atomic E-state index is 13.0. The number of amidine groups is 1. The number of rotatable bonds is 1. The van der Waals surface area contributed by atoms with Gasteiger partial charge in [0.15, 0.2) is 5.78 Å². The largest absolute Gasteiger partial charge is 0.383 e. The SMILES string of the molecule is CC1(C)CC(=O)C2=C(C1)N[C@@H]1CCCC[C@@H]1N=C2Nc1ccccc1. The molecule has 4 heteroatoms. The van der Waals surface area contributed by atoms with Gasteiger partial charge in [-0.15, -0.1) is 0 Å². The van der Waals surface area contributed by atoms with Crippen molar-refractivity contribution < 1.29 is 4.79 Å². The smallest absolute Gasteiger partial charge is 0.168 e. The second kappa shape index (κ2) is 6.32.